The van der Waals surface area contributed by atoms with Crippen molar-refractivity contribution in [2.24, 2.45) is 0 Å². The van der Waals surface area contributed by atoms with Crippen LogP contribution in [0.1, 0.15) is 0 Å². The summed E-state index contributed by atoms with van der Waals surface area (Å²) >= 11 is 0. The molecule has 1 radical (unpaired) electrons. The number of nitrogens with zero attached hydrogens (tertiary/aromatic N) is 1. The van der Waals surface area contributed by atoms with E-state index in [9.17, 15) is 0 Å². The topological polar surface area (TPSA) is 23.8 Å². The van der Waals surface area contributed by atoms with Crippen molar-refractivity contribution in [2.45, 2.75) is 0 Å². The Morgan fingerprint density at radius 1 is 1.25 bits per heavy atom. The van der Waals surface area contributed by atoms with Gasteiger partial charge in [0, 0.05) is 55.0 Å². The first-order valence-electron chi connectivity index (χ1n) is 0.224. The Morgan fingerprint density at radius 3 is 1.25 bits per heavy atom. The quantitative estimate of drug-likeness (QED) is 0.557. The smallest absolute Gasteiger partial charge is 0 e. The van der Waals surface area contributed by atoms with Gasteiger partial charge in [0.25, 0.3) is 0 Å². The standard InChI is InChI=1S/CN.Co.Dy/c1-2;;/q-1;;. The molecule has 0 aromatic heterocycles. The minimum absolute atomic E-state index is 0. The fourth-order valence-corrected chi connectivity index (χ4v) is 0. The van der Waals surface area contributed by atoms with E-state index in [1.165, 1.54) is 0 Å². The molecule has 0 heterocycles. The molecular formula is CCoDyN-. The molecule has 0 unspecified atom stereocenters. The maximum Gasteiger partial charge on any atom is 0 e. The van der Waals surface area contributed by atoms with Crippen molar-refractivity contribution >= 4 is 0 Å². The predicted molar refractivity (Wildman–Crippen MR) is 4.97 cm³/mol. The zero-order valence-corrected chi connectivity index (χ0v) is 4.67. The average Bonchev–Trinajstić information content (AvgIpc) is 1.00. The molecule has 4 heavy (non-hydrogen) atoms. The number of hydrogen-bond donors (Lipinski definition) is 0. The summed E-state index contributed by atoms with van der Waals surface area (Å²) in [6.45, 7) is 4.75. The van der Waals surface area contributed by atoms with Crippen molar-refractivity contribution in [3.05, 3.63) is 6.57 Å². The molecular weight excluding hydrogens is 247 g/mol. The molecule has 0 aromatic carbocycles. The van der Waals surface area contributed by atoms with E-state index in [-0.39, 0.29) is 55.0 Å². The Morgan fingerprint density at radius 2 is 1.25 bits per heavy atom. The van der Waals surface area contributed by atoms with Gasteiger partial charge >= 0.3 is 0 Å². The zero-order valence-electron chi connectivity index (χ0n) is 1.60. The van der Waals surface area contributed by atoms with Gasteiger partial charge in [0.05, 0.1) is 0 Å². The van der Waals surface area contributed by atoms with Crippen LogP contribution >= 0.6 is 0 Å². The van der Waals surface area contributed by atoms with Crippen LogP contribution in [0.25, 0.3) is 0 Å². The van der Waals surface area contributed by atoms with Crippen molar-refractivity contribution in [1.29, 1.82) is 5.26 Å². The first kappa shape index (κ1) is 18.7. The van der Waals surface area contributed by atoms with E-state index in [4.69, 9.17) is 11.8 Å². The molecule has 0 atom stereocenters. The molecule has 0 aliphatic rings. The van der Waals surface area contributed by atoms with Crippen molar-refractivity contribution in [3.8, 4) is 0 Å². The van der Waals surface area contributed by atoms with E-state index in [1.807, 2.05) is 0 Å². The summed E-state index contributed by atoms with van der Waals surface area (Å²) in [7, 11) is 0. The van der Waals surface area contributed by atoms with Gasteiger partial charge in [-0.2, -0.15) is 0 Å². The fourth-order valence-electron chi connectivity index (χ4n) is 0. The molecule has 1 nitrogen and oxygen atoms in total. The first-order valence-corrected chi connectivity index (χ1v) is 0.224. The van der Waals surface area contributed by atoms with E-state index >= 15 is 0 Å². The molecule has 0 N–H and O–H groups in total. The normalized spacial score (nSPS) is 0.500. The van der Waals surface area contributed by atoms with Crippen LogP contribution in [-0.2, 0) is 16.8 Å². The van der Waals surface area contributed by atoms with Crippen LogP contribution in [0.5, 0.6) is 0 Å². The Hall–Kier alpha value is 1.27. The SMILES string of the molecule is [C-]#N.[Co].[Dy]. The Kier molecular flexibility index (Phi) is 132. The molecule has 29 valence electrons. The predicted octanol–water partition coefficient (Wildman–Crippen LogP) is 0.0939. The summed E-state index contributed by atoms with van der Waals surface area (Å²) in [4.78, 5) is 0. The van der Waals surface area contributed by atoms with Gasteiger partial charge in [-0.3, -0.25) is 0 Å². The second kappa shape index (κ2) is 28.3. The van der Waals surface area contributed by atoms with Crippen LogP contribution in [0.15, 0.2) is 0 Å². The Labute approximate surface area is 66.0 Å². The minimum atomic E-state index is 0. The number of hydrogen-bond acceptors (Lipinski definition) is 1. The summed E-state index contributed by atoms with van der Waals surface area (Å²) in [6, 6.07) is 0. The summed E-state index contributed by atoms with van der Waals surface area (Å²) in [5.41, 5.74) is 0. The van der Waals surface area contributed by atoms with Gasteiger partial charge in [-0.1, -0.05) is 0 Å². The van der Waals surface area contributed by atoms with E-state index < -0.39 is 0 Å². The molecule has 0 saturated heterocycles. The van der Waals surface area contributed by atoms with Crippen molar-refractivity contribution in [1.82, 2.24) is 0 Å². The molecule has 3 heteroatoms. The van der Waals surface area contributed by atoms with Gasteiger partial charge in [-0.15, -0.1) is 0 Å². The molecule has 0 aliphatic heterocycles. The molecule has 0 spiro atoms. The molecule has 0 fully saturated rings. The maximum absolute atomic E-state index is 6.25. The van der Waals surface area contributed by atoms with E-state index in [0.29, 0.717) is 0 Å². The summed E-state index contributed by atoms with van der Waals surface area (Å²) in [5, 5.41) is 6.25. The van der Waals surface area contributed by atoms with Gasteiger partial charge in [0.15, 0.2) is 0 Å². The Balaban J connectivity index is -0.00000000500. The molecule has 0 amide bonds. The van der Waals surface area contributed by atoms with E-state index in [2.05, 4.69) is 0 Å². The minimum Gasteiger partial charge on any atom is -0.512 e. The maximum atomic E-state index is 6.25. The average molecular weight is 247 g/mol. The first-order chi connectivity index (χ1) is 1.00. The van der Waals surface area contributed by atoms with Crippen LogP contribution in [0.2, 0.25) is 0 Å². The van der Waals surface area contributed by atoms with Crippen LogP contribution in [0.3, 0.4) is 0 Å². The van der Waals surface area contributed by atoms with E-state index in [1.54, 1.807) is 0 Å². The van der Waals surface area contributed by atoms with Crippen LogP contribution in [0, 0.1) is 50.0 Å². The molecule has 0 aromatic rings. The molecule has 0 saturated carbocycles. The molecule has 0 aliphatic carbocycles. The monoisotopic (exact) mass is 249 g/mol. The largest absolute Gasteiger partial charge is 0.512 e. The fraction of sp³-hybridized carbons (Fsp3) is 0. The van der Waals surface area contributed by atoms with Gasteiger partial charge in [0.1, 0.15) is 0 Å². The number of rotatable bonds is 0. The van der Waals surface area contributed by atoms with Crippen molar-refractivity contribution < 1.29 is 55.0 Å². The summed E-state index contributed by atoms with van der Waals surface area (Å²) in [6.07, 6.45) is 0. The third-order valence-electron chi connectivity index (χ3n) is 0. The molecule has 0 rings (SSSR count). The van der Waals surface area contributed by atoms with Crippen LogP contribution in [-0.4, -0.2) is 0 Å². The third-order valence-corrected chi connectivity index (χ3v) is 0. The second-order valence-corrected chi connectivity index (χ2v) is 0. The summed E-state index contributed by atoms with van der Waals surface area (Å²) < 4.78 is 0. The van der Waals surface area contributed by atoms with Crippen LogP contribution in [0.4, 0.5) is 0 Å². The summed E-state index contributed by atoms with van der Waals surface area (Å²) in [5.74, 6) is 0. The molecule has 0 bridgehead atoms. The van der Waals surface area contributed by atoms with Crippen LogP contribution < -0.4 is 0 Å². The van der Waals surface area contributed by atoms with Crippen molar-refractivity contribution in [2.75, 3.05) is 0 Å². The second-order valence-electron chi connectivity index (χ2n) is 0. The van der Waals surface area contributed by atoms with E-state index in [0.717, 1.165) is 0 Å². The van der Waals surface area contributed by atoms with Gasteiger partial charge in [-0.05, 0) is 0 Å². The van der Waals surface area contributed by atoms with Crippen molar-refractivity contribution in [3.63, 3.8) is 0 Å². The Bertz CT molecular complexity index is 12.8. The van der Waals surface area contributed by atoms with Gasteiger partial charge in [0.2, 0.25) is 0 Å². The van der Waals surface area contributed by atoms with Gasteiger partial charge in [-0.25, -0.2) is 0 Å². The zero-order chi connectivity index (χ0) is 2.00. The van der Waals surface area contributed by atoms with Gasteiger partial charge < -0.3 is 11.8 Å². The third kappa shape index (κ3) is 10.5.